The molecule has 1 fully saturated rings. The minimum atomic E-state index is -0.639. The van der Waals surface area contributed by atoms with Crippen LogP contribution in [0.3, 0.4) is 0 Å². The van der Waals surface area contributed by atoms with Crippen molar-refractivity contribution in [3.05, 3.63) is 52.3 Å². The van der Waals surface area contributed by atoms with Gasteiger partial charge in [-0.05, 0) is 66.7 Å². The van der Waals surface area contributed by atoms with E-state index in [-0.39, 0.29) is 6.04 Å². The molecular formula is C18H23BrN2O2. The Morgan fingerprint density at radius 2 is 2.00 bits per heavy atom. The first-order chi connectivity index (χ1) is 11.1. The predicted octanol–water partition coefficient (Wildman–Crippen LogP) is 3.81. The Labute approximate surface area is 145 Å². The van der Waals surface area contributed by atoms with E-state index in [0.29, 0.717) is 10.4 Å². The van der Waals surface area contributed by atoms with E-state index in [0.717, 1.165) is 25.4 Å². The Bertz CT molecular complexity index is 608. The molecule has 4 nitrogen and oxygen atoms in total. The molecule has 0 aliphatic carbocycles. The average Bonchev–Trinajstić information content (AvgIpc) is 3.02. The third-order valence-corrected chi connectivity index (χ3v) is 5.21. The molecule has 2 atom stereocenters. The van der Waals surface area contributed by atoms with Crippen molar-refractivity contribution in [3.8, 4) is 0 Å². The molecule has 2 aromatic rings. The van der Waals surface area contributed by atoms with Gasteiger partial charge >= 0.3 is 0 Å². The molecule has 0 amide bonds. The molecular weight excluding hydrogens is 356 g/mol. The fourth-order valence-electron chi connectivity index (χ4n) is 3.35. The van der Waals surface area contributed by atoms with Crippen LogP contribution < -0.4 is 0 Å². The van der Waals surface area contributed by atoms with Gasteiger partial charge in [-0.3, -0.25) is 4.90 Å². The first kappa shape index (κ1) is 16.7. The summed E-state index contributed by atoms with van der Waals surface area (Å²) in [6.45, 7) is 4.09. The lowest BCUT2D eigenvalue weighted by Gasteiger charge is -2.37. The van der Waals surface area contributed by atoms with E-state index in [9.17, 15) is 5.11 Å². The van der Waals surface area contributed by atoms with Crippen LogP contribution in [0.5, 0.6) is 0 Å². The molecule has 1 N–H and O–H groups in total. The van der Waals surface area contributed by atoms with Crippen LogP contribution in [0, 0.1) is 5.92 Å². The Hall–Kier alpha value is -1.17. The van der Waals surface area contributed by atoms with E-state index in [1.165, 1.54) is 18.4 Å². The number of nitrogens with zero attached hydrogens (tertiary/aromatic N) is 2. The van der Waals surface area contributed by atoms with Crippen LogP contribution in [0.4, 0.5) is 0 Å². The third kappa shape index (κ3) is 4.22. The highest BCUT2D eigenvalue weighted by atomic mass is 79.9. The molecule has 23 heavy (non-hydrogen) atoms. The van der Waals surface area contributed by atoms with Crippen LogP contribution in [0.2, 0.25) is 0 Å². The molecule has 0 saturated carbocycles. The van der Waals surface area contributed by atoms with Gasteiger partial charge in [0.1, 0.15) is 10.7 Å². The molecule has 1 saturated heterocycles. The Kier molecular flexibility index (Phi) is 5.51. The van der Waals surface area contributed by atoms with Gasteiger partial charge in [0.15, 0.2) is 5.76 Å². The second-order valence-corrected chi connectivity index (χ2v) is 7.22. The molecule has 2 unspecified atom stereocenters. The van der Waals surface area contributed by atoms with Crippen molar-refractivity contribution in [2.45, 2.75) is 38.3 Å². The smallest absolute Gasteiger partial charge is 0.167 e. The quantitative estimate of drug-likeness (QED) is 0.858. The number of aliphatic hydroxyl groups is 1. The molecule has 1 aliphatic heterocycles. The van der Waals surface area contributed by atoms with Crippen LogP contribution in [-0.2, 0) is 6.42 Å². The Morgan fingerprint density at radius 3 is 2.61 bits per heavy atom. The number of piperidine rings is 1. The van der Waals surface area contributed by atoms with Crippen molar-refractivity contribution < 1.29 is 9.63 Å². The predicted molar refractivity (Wildman–Crippen MR) is 93.1 cm³/mol. The minimum absolute atomic E-state index is 0.0347. The molecule has 3 rings (SSSR count). The first-order valence-corrected chi connectivity index (χ1v) is 9.01. The summed E-state index contributed by atoms with van der Waals surface area (Å²) in [6, 6.07) is 12.5. The topological polar surface area (TPSA) is 49.5 Å². The summed E-state index contributed by atoms with van der Waals surface area (Å²) in [5.74, 6) is 1.26. The fourth-order valence-corrected chi connectivity index (χ4v) is 3.65. The van der Waals surface area contributed by atoms with Gasteiger partial charge in [0.25, 0.3) is 0 Å². The number of hydrogen-bond acceptors (Lipinski definition) is 4. The van der Waals surface area contributed by atoms with Gasteiger partial charge < -0.3 is 9.63 Å². The maximum atomic E-state index is 10.5. The second kappa shape index (κ2) is 7.60. The van der Waals surface area contributed by atoms with Gasteiger partial charge in [-0.1, -0.05) is 35.5 Å². The minimum Gasteiger partial charge on any atom is -0.383 e. The van der Waals surface area contributed by atoms with Crippen molar-refractivity contribution in [1.29, 1.82) is 0 Å². The van der Waals surface area contributed by atoms with Crippen molar-refractivity contribution in [2.75, 3.05) is 13.1 Å². The van der Waals surface area contributed by atoms with Crippen molar-refractivity contribution in [3.63, 3.8) is 0 Å². The molecule has 2 heterocycles. The van der Waals surface area contributed by atoms with Crippen molar-refractivity contribution in [1.82, 2.24) is 10.1 Å². The lowest BCUT2D eigenvalue weighted by atomic mass is 9.89. The molecule has 0 bridgehead atoms. The maximum Gasteiger partial charge on any atom is 0.167 e. The summed E-state index contributed by atoms with van der Waals surface area (Å²) in [5, 5.41) is 14.2. The van der Waals surface area contributed by atoms with Crippen LogP contribution in [0.25, 0.3) is 0 Å². The van der Waals surface area contributed by atoms with E-state index < -0.39 is 6.10 Å². The fraction of sp³-hybridized carbons (Fsp3) is 0.500. The van der Waals surface area contributed by atoms with E-state index in [1.54, 1.807) is 6.07 Å². The van der Waals surface area contributed by atoms with Gasteiger partial charge in [0.2, 0.25) is 0 Å². The lowest BCUT2D eigenvalue weighted by molar-refractivity contribution is 0.0223. The van der Waals surface area contributed by atoms with Gasteiger partial charge in [-0.2, -0.15) is 0 Å². The molecule has 124 valence electrons. The van der Waals surface area contributed by atoms with Crippen LogP contribution in [0.15, 0.2) is 45.5 Å². The van der Waals surface area contributed by atoms with Crippen molar-refractivity contribution in [2.24, 2.45) is 5.92 Å². The van der Waals surface area contributed by atoms with Crippen LogP contribution in [0.1, 0.15) is 37.2 Å². The van der Waals surface area contributed by atoms with Gasteiger partial charge in [-0.15, -0.1) is 0 Å². The molecule has 1 aromatic carbocycles. The highest BCUT2D eigenvalue weighted by Crippen LogP contribution is 2.28. The van der Waals surface area contributed by atoms with Crippen molar-refractivity contribution >= 4 is 15.9 Å². The van der Waals surface area contributed by atoms with Gasteiger partial charge in [0.05, 0.1) is 0 Å². The molecule has 0 radical (unpaired) electrons. The Balaban J connectivity index is 1.52. The number of likely N-dealkylation sites (tertiary alicyclic amines) is 1. The summed E-state index contributed by atoms with van der Waals surface area (Å²) < 4.78 is 5.79. The standard InChI is InChI=1S/C18H23BrN2O2/c1-13(18(22)16-12-17(19)20-23-16)21-9-7-15(8-10-21)11-14-5-3-2-4-6-14/h2-6,12-13,15,18,22H,7-11H2,1H3. The molecule has 5 heteroatoms. The highest BCUT2D eigenvalue weighted by molar-refractivity contribution is 9.10. The SMILES string of the molecule is CC(C(O)c1cc(Br)no1)N1CCC(Cc2ccccc2)CC1. The highest BCUT2D eigenvalue weighted by Gasteiger charge is 2.29. The molecule has 1 aromatic heterocycles. The van der Waals surface area contributed by atoms with E-state index >= 15 is 0 Å². The summed E-state index contributed by atoms with van der Waals surface area (Å²) in [5.41, 5.74) is 1.42. The summed E-state index contributed by atoms with van der Waals surface area (Å²) in [6.07, 6.45) is 2.86. The number of aromatic nitrogens is 1. The van der Waals surface area contributed by atoms with Gasteiger partial charge in [0, 0.05) is 12.1 Å². The van der Waals surface area contributed by atoms with E-state index in [4.69, 9.17) is 4.52 Å². The average molecular weight is 379 g/mol. The Morgan fingerprint density at radius 1 is 1.30 bits per heavy atom. The molecule has 1 aliphatic rings. The number of rotatable bonds is 5. The zero-order chi connectivity index (χ0) is 16.2. The molecule has 0 spiro atoms. The summed E-state index contributed by atoms with van der Waals surface area (Å²) >= 11 is 3.26. The third-order valence-electron chi connectivity index (χ3n) is 4.84. The van der Waals surface area contributed by atoms with E-state index in [1.807, 2.05) is 0 Å². The maximum absolute atomic E-state index is 10.5. The van der Waals surface area contributed by atoms with Gasteiger partial charge in [-0.25, -0.2) is 0 Å². The number of halogens is 1. The number of hydrogen-bond donors (Lipinski definition) is 1. The summed E-state index contributed by atoms with van der Waals surface area (Å²) in [4.78, 5) is 2.35. The monoisotopic (exact) mass is 378 g/mol. The summed E-state index contributed by atoms with van der Waals surface area (Å²) in [7, 11) is 0. The van der Waals surface area contributed by atoms with E-state index in [2.05, 4.69) is 63.2 Å². The number of aliphatic hydroxyl groups excluding tert-OH is 1. The lowest BCUT2D eigenvalue weighted by Crippen LogP contribution is -2.43. The zero-order valence-electron chi connectivity index (χ0n) is 13.4. The second-order valence-electron chi connectivity index (χ2n) is 6.41. The van der Waals surface area contributed by atoms with Crippen LogP contribution >= 0.6 is 15.9 Å². The first-order valence-electron chi connectivity index (χ1n) is 8.21. The largest absolute Gasteiger partial charge is 0.383 e. The van der Waals surface area contributed by atoms with Crippen LogP contribution in [-0.4, -0.2) is 34.3 Å². The number of benzene rings is 1. The normalized spacial score (nSPS) is 19.6. The zero-order valence-corrected chi connectivity index (χ0v) is 14.9.